The first-order chi connectivity index (χ1) is 14.8. The van der Waals surface area contributed by atoms with Gasteiger partial charge >= 0.3 is 0 Å². The molecule has 0 spiro atoms. The van der Waals surface area contributed by atoms with Crippen molar-refractivity contribution >= 4 is 16.7 Å². The number of fused-ring (bicyclic) bond motifs is 2. The van der Waals surface area contributed by atoms with Gasteiger partial charge in [0.25, 0.3) is 0 Å². The molecule has 4 aromatic rings. The molecule has 2 aromatic heterocycles. The van der Waals surface area contributed by atoms with Crippen LogP contribution in [-0.4, -0.2) is 40.5 Å². The third-order valence-electron chi connectivity index (χ3n) is 5.62. The second-order valence-electron chi connectivity index (χ2n) is 7.35. The molecular weight excluding hydrogens is 378 g/mol. The molecule has 7 heteroatoms. The van der Waals surface area contributed by atoms with Crippen molar-refractivity contribution in [1.82, 2.24) is 19.7 Å². The Balaban J connectivity index is 1.50. The van der Waals surface area contributed by atoms with Gasteiger partial charge in [0.1, 0.15) is 12.1 Å². The highest BCUT2D eigenvalue weighted by atomic mass is 16.5. The minimum Gasteiger partial charge on any atom is -0.493 e. The van der Waals surface area contributed by atoms with E-state index in [2.05, 4.69) is 48.9 Å². The first-order valence-corrected chi connectivity index (χ1v) is 9.96. The van der Waals surface area contributed by atoms with Gasteiger partial charge in [-0.25, -0.2) is 9.97 Å². The fourth-order valence-electron chi connectivity index (χ4n) is 4.05. The predicted molar refractivity (Wildman–Crippen MR) is 115 cm³/mol. The van der Waals surface area contributed by atoms with Gasteiger partial charge < -0.3 is 14.4 Å². The molecule has 0 unspecified atom stereocenters. The van der Waals surface area contributed by atoms with Gasteiger partial charge in [-0.3, -0.25) is 4.68 Å². The van der Waals surface area contributed by atoms with Crippen molar-refractivity contribution in [3.63, 3.8) is 0 Å². The van der Waals surface area contributed by atoms with Crippen LogP contribution in [0.4, 0.5) is 5.82 Å². The molecule has 0 amide bonds. The summed E-state index contributed by atoms with van der Waals surface area (Å²) in [5.74, 6) is 2.24. The molecule has 0 radical (unpaired) electrons. The number of methoxy groups -OCH3 is 2. The largest absolute Gasteiger partial charge is 0.493 e. The third kappa shape index (κ3) is 3.22. The van der Waals surface area contributed by atoms with Gasteiger partial charge in [-0.15, -0.1) is 0 Å². The number of hydrogen-bond donors (Lipinski definition) is 0. The monoisotopic (exact) mass is 401 g/mol. The molecular formula is C23H23N5O2. The normalized spacial score (nSPS) is 13.3. The molecule has 1 aliphatic rings. The molecule has 0 N–H and O–H groups in total. The maximum atomic E-state index is 5.50. The topological polar surface area (TPSA) is 65.3 Å². The van der Waals surface area contributed by atoms with Crippen molar-refractivity contribution in [2.24, 2.45) is 0 Å². The lowest BCUT2D eigenvalue weighted by Crippen LogP contribution is -2.32. The molecule has 1 aliphatic heterocycles. The summed E-state index contributed by atoms with van der Waals surface area (Å²) in [5, 5.41) is 5.61. The van der Waals surface area contributed by atoms with Gasteiger partial charge in [0.05, 0.1) is 44.7 Å². The first-order valence-electron chi connectivity index (χ1n) is 9.96. The molecule has 152 valence electrons. The molecule has 3 heterocycles. The second kappa shape index (κ2) is 7.67. The van der Waals surface area contributed by atoms with Gasteiger partial charge in [0.2, 0.25) is 0 Å². The molecule has 0 saturated heterocycles. The number of benzene rings is 2. The molecule has 2 aromatic carbocycles. The summed E-state index contributed by atoms with van der Waals surface area (Å²) in [7, 11) is 3.27. The predicted octanol–water partition coefficient (Wildman–Crippen LogP) is 3.45. The highest BCUT2D eigenvalue weighted by molar-refractivity contribution is 5.92. The smallest absolute Gasteiger partial charge is 0.162 e. The molecule has 5 rings (SSSR count). The zero-order valence-electron chi connectivity index (χ0n) is 17.1. The summed E-state index contributed by atoms with van der Waals surface area (Å²) in [6.45, 7) is 2.40. The van der Waals surface area contributed by atoms with Crippen LogP contribution in [0.1, 0.15) is 16.8 Å². The van der Waals surface area contributed by atoms with E-state index in [1.165, 1.54) is 16.8 Å². The van der Waals surface area contributed by atoms with E-state index in [1.54, 1.807) is 20.5 Å². The molecule has 0 bridgehead atoms. The number of nitrogens with zero attached hydrogens (tertiary/aromatic N) is 5. The van der Waals surface area contributed by atoms with Crippen molar-refractivity contribution in [3.8, 4) is 11.5 Å². The van der Waals surface area contributed by atoms with Gasteiger partial charge in [-0.05, 0) is 23.6 Å². The number of ether oxygens (including phenoxy) is 2. The highest BCUT2D eigenvalue weighted by Crippen LogP contribution is 2.36. The van der Waals surface area contributed by atoms with E-state index in [9.17, 15) is 0 Å². The fourth-order valence-corrected chi connectivity index (χ4v) is 4.05. The second-order valence-corrected chi connectivity index (χ2v) is 7.35. The molecule has 0 fully saturated rings. The van der Waals surface area contributed by atoms with Crippen molar-refractivity contribution in [2.75, 3.05) is 25.7 Å². The number of aromatic nitrogens is 4. The zero-order chi connectivity index (χ0) is 20.5. The van der Waals surface area contributed by atoms with Crippen LogP contribution in [0.3, 0.4) is 0 Å². The Morgan fingerprint density at radius 1 is 1.00 bits per heavy atom. The maximum Gasteiger partial charge on any atom is 0.162 e. The molecule has 0 saturated carbocycles. The zero-order valence-corrected chi connectivity index (χ0v) is 17.1. The summed E-state index contributed by atoms with van der Waals surface area (Å²) in [6.07, 6.45) is 4.55. The first kappa shape index (κ1) is 18.4. The van der Waals surface area contributed by atoms with Crippen LogP contribution in [-0.2, 0) is 19.5 Å². The average molecular weight is 401 g/mol. The highest BCUT2D eigenvalue weighted by Gasteiger charge is 2.24. The van der Waals surface area contributed by atoms with Crippen LogP contribution in [0.25, 0.3) is 10.9 Å². The summed E-state index contributed by atoms with van der Waals surface area (Å²) in [5.41, 5.74) is 4.61. The van der Waals surface area contributed by atoms with Crippen molar-refractivity contribution in [1.29, 1.82) is 0 Å². The van der Waals surface area contributed by atoms with Crippen LogP contribution in [0, 0.1) is 0 Å². The van der Waals surface area contributed by atoms with Gasteiger partial charge in [-0.1, -0.05) is 30.3 Å². The Morgan fingerprint density at radius 2 is 1.80 bits per heavy atom. The summed E-state index contributed by atoms with van der Waals surface area (Å²) >= 11 is 0. The average Bonchev–Trinajstić information content (AvgIpc) is 3.20. The Bertz CT molecular complexity index is 1190. The van der Waals surface area contributed by atoms with Crippen LogP contribution >= 0.6 is 0 Å². The minimum absolute atomic E-state index is 0.663. The summed E-state index contributed by atoms with van der Waals surface area (Å²) in [6, 6.07) is 14.3. The van der Waals surface area contributed by atoms with Crippen molar-refractivity contribution < 1.29 is 9.47 Å². The van der Waals surface area contributed by atoms with E-state index in [1.807, 2.05) is 24.4 Å². The van der Waals surface area contributed by atoms with Crippen LogP contribution < -0.4 is 14.4 Å². The fraction of sp³-hybridized carbons (Fsp3) is 0.261. The molecule has 30 heavy (non-hydrogen) atoms. The summed E-state index contributed by atoms with van der Waals surface area (Å²) in [4.78, 5) is 11.4. The SMILES string of the molecule is COc1cc2ncnc(N3CCc4cnn(Cc5ccccc5)c4C3)c2cc1OC. The van der Waals surface area contributed by atoms with E-state index >= 15 is 0 Å². The van der Waals surface area contributed by atoms with E-state index in [0.717, 1.165) is 42.8 Å². The Hall–Kier alpha value is -3.61. The van der Waals surface area contributed by atoms with E-state index < -0.39 is 0 Å². The number of anilines is 1. The van der Waals surface area contributed by atoms with Crippen LogP contribution in [0.15, 0.2) is 55.0 Å². The minimum atomic E-state index is 0.663. The van der Waals surface area contributed by atoms with Gasteiger partial charge in [0, 0.05) is 18.0 Å². The van der Waals surface area contributed by atoms with E-state index in [4.69, 9.17) is 9.47 Å². The summed E-state index contributed by atoms with van der Waals surface area (Å²) < 4.78 is 13.0. The molecule has 0 aliphatic carbocycles. The lowest BCUT2D eigenvalue weighted by atomic mass is 10.1. The van der Waals surface area contributed by atoms with Crippen LogP contribution in [0.2, 0.25) is 0 Å². The quantitative estimate of drug-likeness (QED) is 0.510. The standard InChI is InChI=1S/C23H23N5O2/c1-29-21-10-18-19(11-22(21)30-2)24-15-25-23(18)27-9-8-17-12-26-28(20(17)14-27)13-16-6-4-3-5-7-16/h3-7,10-12,15H,8-9,13-14H2,1-2H3. The van der Waals surface area contributed by atoms with Gasteiger partial charge in [-0.2, -0.15) is 5.10 Å². The van der Waals surface area contributed by atoms with E-state index in [0.29, 0.717) is 11.5 Å². The molecule has 0 atom stereocenters. The van der Waals surface area contributed by atoms with Crippen molar-refractivity contribution in [2.45, 2.75) is 19.5 Å². The third-order valence-corrected chi connectivity index (χ3v) is 5.62. The Kier molecular flexibility index (Phi) is 4.71. The maximum absolute atomic E-state index is 5.50. The number of rotatable bonds is 5. The number of hydrogen-bond acceptors (Lipinski definition) is 6. The van der Waals surface area contributed by atoms with Crippen LogP contribution in [0.5, 0.6) is 11.5 Å². The Labute approximate surface area is 174 Å². The lowest BCUT2D eigenvalue weighted by Gasteiger charge is -2.29. The van der Waals surface area contributed by atoms with E-state index in [-0.39, 0.29) is 0 Å². The lowest BCUT2D eigenvalue weighted by molar-refractivity contribution is 0.356. The Morgan fingerprint density at radius 3 is 2.60 bits per heavy atom. The molecule has 7 nitrogen and oxygen atoms in total. The van der Waals surface area contributed by atoms with Crippen molar-refractivity contribution in [3.05, 3.63) is 71.8 Å². The van der Waals surface area contributed by atoms with Gasteiger partial charge in [0.15, 0.2) is 11.5 Å².